The van der Waals surface area contributed by atoms with E-state index < -0.39 is 60.3 Å². The van der Waals surface area contributed by atoms with Crippen molar-refractivity contribution in [3.63, 3.8) is 0 Å². The van der Waals surface area contributed by atoms with Gasteiger partial charge >= 0.3 is 23.5 Å². The molecule has 176 valence electrons. The van der Waals surface area contributed by atoms with E-state index in [9.17, 15) is 33.3 Å². The lowest BCUT2D eigenvalue weighted by Gasteiger charge is -2.19. The summed E-state index contributed by atoms with van der Waals surface area (Å²) in [5.41, 5.74) is 9.90. The zero-order valence-corrected chi connectivity index (χ0v) is 17.8. The third-order valence-corrected chi connectivity index (χ3v) is 7.53. The molecule has 5 atom stereocenters. The molecule has 1 aromatic heterocycles. The molecule has 20 heteroatoms. The fourth-order valence-electron chi connectivity index (χ4n) is 2.55. The van der Waals surface area contributed by atoms with Crippen LogP contribution in [0.1, 0.15) is 33.4 Å². The first-order chi connectivity index (χ1) is 14.0. The normalized spacial score (nSPS) is 25.6. The standard InChI is InChI=1S/C11H18N3O14P3/c12-10(16)5-2-14(3-6(5)11(13)17)9-1-7(15)8(26-9)4-25-30(21,22)28-31(23,24)27-29(18,19)20/h2-3,7-9,15H,1,4H2,(H2,12,16)(H2,13,17)(H,21,22)(H,23,24)(H2,18,19,20)/t7-,8+,9+/m0/s1. The van der Waals surface area contributed by atoms with Gasteiger partial charge < -0.3 is 45.5 Å². The zero-order valence-electron chi connectivity index (χ0n) is 15.2. The average molecular weight is 509 g/mol. The summed E-state index contributed by atoms with van der Waals surface area (Å²) in [4.78, 5) is 58.3. The maximum Gasteiger partial charge on any atom is 0.490 e. The highest BCUT2D eigenvalue weighted by Crippen LogP contribution is 2.66. The Balaban J connectivity index is 2.04. The van der Waals surface area contributed by atoms with E-state index in [1.165, 1.54) is 4.57 Å². The first kappa shape index (κ1) is 25.8. The third-order valence-electron chi connectivity index (χ3n) is 3.73. The number of aromatic nitrogens is 1. The van der Waals surface area contributed by atoms with Gasteiger partial charge in [-0.2, -0.15) is 8.62 Å². The SMILES string of the molecule is NC(=O)c1cn([C@H]2C[C@H](O)[C@@H](COP(=O)(O)OP(=O)(O)OP(=O)(O)O)O2)cc1C(N)=O. The van der Waals surface area contributed by atoms with Gasteiger partial charge in [-0.15, -0.1) is 0 Å². The van der Waals surface area contributed by atoms with Gasteiger partial charge in [0, 0.05) is 18.8 Å². The first-order valence-electron chi connectivity index (χ1n) is 7.92. The van der Waals surface area contributed by atoms with Crippen LogP contribution in [0.2, 0.25) is 0 Å². The molecule has 2 amide bonds. The second kappa shape index (κ2) is 9.19. The first-order valence-corrected chi connectivity index (χ1v) is 12.4. The third kappa shape index (κ3) is 7.29. The van der Waals surface area contributed by atoms with Gasteiger partial charge in [-0.3, -0.25) is 14.1 Å². The van der Waals surface area contributed by atoms with Crippen LogP contribution in [0.4, 0.5) is 0 Å². The Morgan fingerprint density at radius 2 is 1.55 bits per heavy atom. The minimum Gasteiger partial charge on any atom is -0.390 e. The summed E-state index contributed by atoms with van der Waals surface area (Å²) < 4.78 is 51.7. The topological polar surface area (TPSA) is 280 Å². The number of ether oxygens (including phenoxy) is 1. The van der Waals surface area contributed by atoms with Crippen molar-refractivity contribution in [2.45, 2.75) is 24.9 Å². The molecule has 0 bridgehead atoms. The van der Waals surface area contributed by atoms with Gasteiger partial charge in [0.05, 0.1) is 23.8 Å². The second-order valence-corrected chi connectivity index (χ2v) is 10.5. The molecule has 0 aliphatic carbocycles. The number of hydrogen-bond donors (Lipinski definition) is 7. The highest BCUT2D eigenvalue weighted by molar-refractivity contribution is 7.66. The van der Waals surface area contributed by atoms with Crippen molar-refractivity contribution in [1.82, 2.24) is 4.57 Å². The Kier molecular flexibility index (Phi) is 7.65. The van der Waals surface area contributed by atoms with Crippen LogP contribution in [0.3, 0.4) is 0 Å². The summed E-state index contributed by atoms with van der Waals surface area (Å²) in [6, 6.07) is 0. The van der Waals surface area contributed by atoms with Crippen LogP contribution in [0.5, 0.6) is 0 Å². The number of aliphatic hydroxyl groups excluding tert-OH is 1. The molecule has 31 heavy (non-hydrogen) atoms. The number of carbonyl (C=O) groups is 2. The van der Waals surface area contributed by atoms with E-state index in [1.54, 1.807) is 0 Å². The summed E-state index contributed by atoms with van der Waals surface area (Å²) in [7, 11) is -16.6. The summed E-state index contributed by atoms with van der Waals surface area (Å²) >= 11 is 0. The average Bonchev–Trinajstić information content (AvgIpc) is 3.13. The molecule has 2 heterocycles. The van der Waals surface area contributed by atoms with Gasteiger partial charge in [0.1, 0.15) is 12.3 Å². The van der Waals surface area contributed by atoms with Crippen LogP contribution in [0.15, 0.2) is 12.4 Å². The van der Waals surface area contributed by atoms with Crippen molar-refractivity contribution < 1.29 is 65.8 Å². The van der Waals surface area contributed by atoms with Gasteiger partial charge in [-0.05, 0) is 0 Å². The maximum absolute atomic E-state index is 11.7. The summed E-state index contributed by atoms with van der Waals surface area (Å²) in [5, 5.41) is 10.1. The van der Waals surface area contributed by atoms with E-state index in [1.807, 2.05) is 0 Å². The quantitative estimate of drug-likeness (QED) is 0.180. The van der Waals surface area contributed by atoms with Crippen molar-refractivity contribution in [2.24, 2.45) is 11.5 Å². The Morgan fingerprint density at radius 1 is 1.03 bits per heavy atom. The summed E-state index contributed by atoms with van der Waals surface area (Å²) in [6.45, 7) is -0.881. The number of primary amides is 2. The number of nitrogens with zero attached hydrogens (tertiary/aromatic N) is 1. The van der Waals surface area contributed by atoms with Gasteiger partial charge in [-0.1, -0.05) is 0 Å². The summed E-state index contributed by atoms with van der Waals surface area (Å²) in [5.74, 6) is -1.90. The molecule has 1 aliphatic heterocycles. The van der Waals surface area contributed by atoms with Crippen LogP contribution in [0.25, 0.3) is 0 Å². The van der Waals surface area contributed by atoms with Crippen LogP contribution >= 0.6 is 23.5 Å². The van der Waals surface area contributed by atoms with Crippen molar-refractivity contribution >= 4 is 35.3 Å². The highest BCUT2D eigenvalue weighted by atomic mass is 31.3. The van der Waals surface area contributed by atoms with E-state index in [-0.39, 0.29) is 17.5 Å². The van der Waals surface area contributed by atoms with Gasteiger partial charge in [-0.25, -0.2) is 13.7 Å². The molecule has 2 unspecified atom stereocenters. The number of phosphoric acid groups is 3. The molecule has 0 radical (unpaired) electrons. The van der Waals surface area contributed by atoms with Gasteiger partial charge in [0.2, 0.25) is 0 Å². The number of carbonyl (C=O) groups excluding carboxylic acids is 2. The van der Waals surface area contributed by atoms with Crippen LogP contribution in [-0.2, 0) is 31.6 Å². The predicted octanol–water partition coefficient (Wildman–Crippen LogP) is -1.32. The van der Waals surface area contributed by atoms with E-state index in [4.69, 9.17) is 30.9 Å². The Morgan fingerprint density at radius 3 is 2.00 bits per heavy atom. The Bertz CT molecular complexity index is 971. The molecular weight excluding hydrogens is 491 g/mol. The molecule has 1 saturated heterocycles. The lowest BCUT2D eigenvalue weighted by Crippen LogP contribution is -2.26. The molecule has 0 spiro atoms. The van der Waals surface area contributed by atoms with E-state index >= 15 is 0 Å². The molecule has 1 aliphatic rings. The van der Waals surface area contributed by atoms with Crippen molar-refractivity contribution in [1.29, 1.82) is 0 Å². The van der Waals surface area contributed by atoms with E-state index in [2.05, 4.69) is 13.1 Å². The number of phosphoric ester groups is 1. The fourth-order valence-corrected chi connectivity index (χ4v) is 5.58. The van der Waals surface area contributed by atoms with Crippen molar-refractivity contribution in [2.75, 3.05) is 6.61 Å². The van der Waals surface area contributed by atoms with E-state index in [0.29, 0.717) is 0 Å². The molecule has 9 N–H and O–H groups in total. The second-order valence-electron chi connectivity index (χ2n) is 6.08. The Hall–Kier alpha value is -1.45. The number of nitrogens with two attached hydrogens (primary N) is 2. The predicted molar refractivity (Wildman–Crippen MR) is 95.8 cm³/mol. The minimum absolute atomic E-state index is 0.143. The zero-order chi connectivity index (χ0) is 23.8. The highest BCUT2D eigenvalue weighted by Gasteiger charge is 2.43. The Labute approximate surface area is 172 Å². The van der Waals surface area contributed by atoms with Gasteiger partial charge in [0.15, 0.2) is 0 Å². The van der Waals surface area contributed by atoms with E-state index in [0.717, 1.165) is 12.4 Å². The molecule has 2 rings (SSSR count). The maximum atomic E-state index is 11.7. The minimum atomic E-state index is -5.69. The molecule has 1 aromatic rings. The largest absolute Gasteiger partial charge is 0.490 e. The number of hydrogen-bond acceptors (Lipinski definition) is 10. The molecule has 17 nitrogen and oxygen atoms in total. The number of aliphatic hydroxyl groups is 1. The molecule has 1 fully saturated rings. The summed E-state index contributed by atoms with van der Waals surface area (Å²) in [6.07, 6.45) is -1.46. The fraction of sp³-hybridized carbons (Fsp3) is 0.455. The van der Waals surface area contributed by atoms with Crippen LogP contribution in [-0.4, -0.2) is 59.9 Å². The number of amides is 2. The molecule has 0 saturated carbocycles. The van der Waals surface area contributed by atoms with Crippen LogP contribution in [0, 0.1) is 0 Å². The van der Waals surface area contributed by atoms with Gasteiger partial charge in [0.25, 0.3) is 11.8 Å². The lowest BCUT2D eigenvalue weighted by molar-refractivity contribution is -0.0433. The molecule has 0 aromatic carbocycles. The van der Waals surface area contributed by atoms with Crippen molar-refractivity contribution in [3.8, 4) is 0 Å². The monoisotopic (exact) mass is 509 g/mol. The smallest absolute Gasteiger partial charge is 0.390 e. The molecular formula is C11H18N3O14P3. The number of rotatable bonds is 10. The van der Waals surface area contributed by atoms with Crippen molar-refractivity contribution in [3.05, 3.63) is 23.5 Å². The van der Waals surface area contributed by atoms with Crippen LogP contribution < -0.4 is 11.5 Å². The lowest BCUT2D eigenvalue weighted by atomic mass is 10.2.